The smallest absolute Gasteiger partial charge is 0.305 e. The molecule has 1 aromatic heterocycles. The zero-order valence-electron chi connectivity index (χ0n) is 10.5. The van der Waals surface area contributed by atoms with Crippen molar-refractivity contribution in [2.45, 2.75) is 6.54 Å². The van der Waals surface area contributed by atoms with Gasteiger partial charge in [0.1, 0.15) is 11.9 Å². The molecule has 0 unspecified atom stereocenters. The van der Waals surface area contributed by atoms with Crippen molar-refractivity contribution in [3.63, 3.8) is 0 Å². The Morgan fingerprint density at radius 2 is 2.10 bits per heavy atom. The molecule has 0 bridgehead atoms. The summed E-state index contributed by atoms with van der Waals surface area (Å²) >= 11 is 11.8. The number of nitriles is 1. The Kier molecular flexibility index (Phi) is 4.58. The standard InChI is InChI=1S/C13H8Cl2N4O2/c14-9-2-1-8(10(15)5-9)7-17-13-4-3-12(19(20)21)11(6-16)18-13/h1-5H,7H2,(H,17,18). The number of hydrogen-bond acceptors (Lipinski definition) is 5. The summed E-state index contributed by atoms with van der Waals surface area (Å²) in [4.78, 5) is 14.0. The number of nitrogens with one attached hydrogen (secondary N) is 1. The van der Waals surface area contributed by atoms with Gasteiger partial charge in [-0.1, -0.05) is 29.3 Å². The zero-order chi connectivity index (χ0) is 15.4. The molecule has 0 aliphatic carbocycles. The Balaban J connectivity index is 2.17. The van der Waals surface area contributed by atoms with E-state index < -0.39 is 4.92 Å². The van der Waals surface area contributed by atoms with E-state index >= 15 is 0 Å². The summed E-state index contributed by atoms with van der Waals surface area (Å²) in [5.41, 5.74) is 0.222. The fourth-order valence-electron chi connectivity index (χ4n) is 1.63. The number of hydrogen-bond donors (Lipinski definition) is 1. The number of halogens is 2. The van der Waals surface area contributed by atoms with E-state index in [0.29, 0.717) is 22.4 Å². The van der Waals surface area contributed by atoms with E-state index in [4.69, 9.17) is 28.5 Å². The lowest BCUT2D eigenvalue weighted by molar-refractivity contribution is -0.385. The maximum absolute atomic E-state index is 10.7. The molecule has 0 amide bonds. The Labute approximate surface area is 130 Å². The third-order valence-electron chi connectivity index (χ3n) is 2.65. The molecular weight excluding hydrogens is 315 g/mol. The lowest BCUT2D eigenvalue weighted by Crippen LogP contribution is -2.04. The molecule has 0 fully saturated rings. The number of pyridine rings is 1. The van der Waals surface area contributed by atoms with Gasteiger partial charge in [0, 0.05) is 22.7 Å². The Bertz CT molecular complexity index is 743. The van der Waals surface area contributed by atoms with E-state index in [1.807, 2.05) is 0 Å². The monoisotopic (exact) mass is 322 g/mol. The van der Waals surface area contributed by atoms with E-state index in [0.717, 1.165) is 5.56 Å². The van der Waals surface area contributed by atoms with Gasteiger partial charge in [-0.05, 0) is 23.8 Å². The normalized spacial score (nSPS) is 9.95. The molecule has 0 atom stereocenters. The summed E-state index contributed by atoms with van der Waals surface area (Å²) < 4.78 is 0. The highest BCUT2D eigenvalue weighted by molar-refractivity contribution is 6.35. The van der Waals surface area contributed by atoms with Gasteiger partial charge in [0.25, 0.3) is 0 Å². The van der Waals surface area contributed by atoms with Gasteiger partial charge in [-0.25, -0.2) is 4.98 Å². The molecule has 0 saturated carbocycles. The van der Waals surface area contributed by atoms with Crippen molar-refractivity contribution in [2.24, 2.45) is 0 Å². The molecule has 0 saturated heterocycles. The van der Waals surface area contributed by atoms with Crippen molar-refractivity contribution in [2.75, 3.05) is 5.32 Å². The first kappa shape index (κ1) is 15.0. The van der Waals surface area contributed by atoms with Crippen LogP contribution in [0.3, 0.4) is 0 Å². The quantitative estimate of drug-likeness (QED) is 0.683. The lowest BCUT2D eigenvalue weighted by Gasteiger charge is -2.08. The van der Waals surface area contributed by atoms with Crippen LogP contribution in [0.25, 0.3) is 0 Å². The fraction of sp³-hybridized carbons (Fsp3) is 0.0769. The van der Waals surface area contributed by atoms with Crippen molar-refractivity contribution >= 4 is 34.7 Å². The number of anilines is 1. The van der Waals surface area contributed by atoms with Gasteiger partial charge in [-0.15, -0.1) is 0 Å². The molecule has 0 aliphatic rings. The third-order valence-corrected chi connectivity index (χ3v) is 3.24. The number of nitro groups is 1. The SMILES string of the molecule is N#Cc1nc(NCc2ccc(Cl)cc2Cl)ccc1[N+](=O)[O-]. The molecule has 1 aromatic carbocycles. The number of nitrogens with zero attached hydrogens (tertiary/aromatic N) is 3. The van der Waals surface area contributed by atoms with Crippen molar-refractivity contribution < 1.29 is 4.92 Å². The van der Waals surface area contributed by atoms with Crippen LogP contribution in [0, 0.1) is 21.4 Å². The summed E-state index contributed by atoms with van der Waals surface area (Å²) in [5, 5.41) is 23.6. The van der Waals surface area contributed by atoms with E-state index in [-0.39, 0.29) is 11.4 Å². The largest absolute Gasteiger partial charge is 0.366 e. The Morgan fingerprint density at radius 3 is 2.71 bits per heavy atom. The van der Waals surface area contributed by atoms with Gasteiger partial charge in [0.2, 0.25) is 5.69 Å². The highest BCUT2D eigenvalue weighted by Gasteiger charge is 2.15. The molecule has 1 heterocycles. The predicted octanol–water partition coefficient (Wildman–Crippen LogP) is 3.78. The van der Waals surface area contributed by atoms with E-state index in [1.165, 1.54) is 12.1 Å². The third kappa shape index (κ3) is 3.60. The average Bonchev–Trinajstić information content (AvgIpc) is 2.45. The van der Waals surface area contributed by atoms with Crippen LogP contribution in [0.5, 0.6) is 0 Å². The van der Waals surface area contributed by atoms with Crippen LogP contribution in [0.4, 0.5) is 11.5 Å². The number of rotatable bonds is 4. The van der Waals surface area contributed by atoms with Crippen LogP contribution in [-0.4, -0.2) is 9.91 Å². The molecule has 0 spiro atoms. The minimum Gasteiger partial charge on any atom is -0.366 e. The second kappa shape index (κ2) is 6.39. The fourth-order valence-corrected chi connectivity index (χ4v) is 2.11. The van der Waals surface area contributed by atoms with Crippen LogP contribution in [-0.2, 0) is 6.54 Å². The highest BCUT2D eigenvalue weighted by Crippen LogP contribution is 2.23. The van der Waals surface area contributed by atoms with Crippen LogP contribution >= 0.6 is 23.2 Å². The van der Waals surface area contributed by atoms with Gasteiger partial charge in [0.05, 0.1) is 4.92 Å². The van der Waals surface area contributed by atoms with E-state index in [9.17, 15) is 10.1 Å². The Hall–Kier alpha value is -2.36. The zero-order valence-corrected chi connectivity index (χ0v) is 12.0. The average molecular weight is 323 g/mol. The van der Waals surface area contributed by atoms with Crippen molar-refractivity contribution in [1.29, 1.82) is 5.26 Å². The van der Waals surface area contributed by atoms with Crippen LogP contribution < -0.4 is 5.32 Å². The van der Waals surface area contributed by atoms with Crippen molar-refractivity contribution in [3.8, 4) is 6.07 Å². The van der Waals surface area contributed by atoms with Crippen LogP contribution in [0.1, 0.15) is 11.3 Å². The summed E-state index contributed by atoms with van der Waals surface area (Å²) in [7, 11) is 0. The van der Waals surface area contributed by atoms with E-state index in [1.54, 1.807) is 24.3 Å². The highest BCUT2D eigenvalue weighted by atomic mass is 35.5. The molecule has 6 nitrogen and oxygen atoms in total. The summed E-state index contributed by atoms with van der Waals surface area (Å²) in [6.07, 6.45) is 0. The topological polar surface area (TPSA) is 91.8 Å². The molecular formula is C13H8Cl2N4O2. The van der Waals surface area contributed by atoms with Gasteiger partial charge in [0.15, 0.2) is 0 Å². The molecule has 2 aromatic rings. The van der Waals surface area contributed by atoms with Crippen molar-refractivity contribution in [1.82, 2.24) is 4.98 Å². The molecule has 0 radical (unpaired) electrons. The first-order valence-electron chi connectivity index (χ1n) is 5.74. The Morgan fingerprint density at radius 1 is 1.33 bits per heavy atom. The van der Waals surface area contributed by atoms with E-state index in [2.05, 4.69) is 10.3 Å². The van der Waals surface area contributed by atoms with Gasteiger partial charge >= 0.3 is 5.69 Å². The molecule has 21 heavy (non-hydrogen) atoms. The molecule has 0 aliphatic heterocycles. The van der Waals surface area contributed by atoms with Crippen LogP contribution in [0.15, 0.2) is 30.3 Å². The van der Waals surface area contributed by atoms with Gasteiger partial charge < -0.3 is 5.32 Å². The minimum atomic E-state index is -0.647. The second-order valence-electron chi connectivity index (χ2n) is 4.02. The summed E-state index contributed by atoms with van der Waals surface area (Å²) in [6.45, 7) is 0.353. The van der Waals surface area contributed by atoms with Gasteiger partial charge in [-0.3, -0.25) is 10.1 Å². The van der Waals surface area contributed by atoms with Gasteiger partial charge in [-0.2, -0.15) is 5.26 Å². The second-order valence-corrected chi connectivity index (χ2v) is 4.87. The summed E-state index contributed by atoms with van der Waals surface area (Å²) in [5.74, 6) is 0.350. The van der Waals surface area contributed by atoms with Crippen molar-refractivity contribution in [3.05, 3.63) is 61.7 Å². The minimum absolute atomic E-state index is 0.243. The maximum atomic E-state index is 10.7. The maximum Gasteiger partial charge on any atom is 0.305 e. The molecule has 1 N–H and O–H groups in total. The first-order chi connectivity index (χ1) is 10.0. The first-order valence-corrected chi connectivity index (χ1v) is 6.50. The molecule has 8 heteroatoms. The molecule has 2 rings (SSSR count). The predicted molar refractivity (Wildman–Crippen MR) is 79.4 cm³/mol. The van der Waals surface area contributed by atoms with Crippen LogP contribution in [0.2, 0.25) is 10.0 Å². The lowest BCUT2D eigenvalue weighted by atomic mass is 10.2. The summed E-state index contributed by atoms with van der Waals surface area (Å²) in [6, 6.07) is 9.44. The molecule has 106 valence electrons. The number of benzene rings is 1. The number of aromatic nitrogens is 1.